The zero-order valence-corrected chi connectivity index (χ0v) is 15.6. The van der Waals surface area contributed by atoms with Crippen molar-refractivity contribution in [2.24, 2.45) is 11.0 Å². The molecule has 0 spiro atoms. The fraction of sp³-hybridized carbons (Fsp3) is 0.273. The topological polar surface area (TPSA) is 66.5 Å². The van der Waals surface area contributed by atoms with Crippen molar-refractivity contribution in [2.45, 2.75) is 26.2 Å². The van der Waals surface area contributed by atoms with Crippen LogP contribution in [0.2, 0.25) is 0 Å². The van der Waals surface area contributed by atoms with Crippen molar-refractivity contribution in [3.63, 3.8) is 0 Å². The highest BCUT2D eigenvalue weighted by Crippen LogP contribution is 2.32. The molecule has 1 aliphatic carbocycles. The van der Waals surface area contributed by atoms with Crippen molar-refractivity contribution in [3.05, 3.63) is 64.8 Å². The number of para-hydroxylation sites is 1. The molecule has 1 aliphatic rings. The fourth-order valence-corrected chi connectivity index (χ4v) is 3.73. The van der Waals surface area contributed by atoms with Gasteiger partial charge in [0.25, 0.3) is 5.91 Å². The van der Waals surface area contributed by atoms with Crippen LogP contribution in [0.1, 0.15) is 40.5 Å². The van der Waals surface area contributed by atoms with Crippen LogP contribution < -0.4 is 10.2 Å². The minimum atomic E-state index is -0.221. The number of fused-ring (bicyclic) bond motifs is 3. The van der Waals surface area contributed by atoms with Gasteiger partial charge in [-0.25, -0.2) is 5.43 Å². The van der Waals surface area contributed by atoms with Gasteiger partial charge in [-0.2, -0.15) is 5.10 Å². The van der Waals surface area contributed by atoms with Crippen LogP contribution in [-0.4, -0.2) is 24.2 Å². The molecule has 4 rings (SSSR count). The number of nitrogens with one attached hydrogen (secondary N) is 2. The van der Waals surface area contributed by atoms with E-state index < -0.39 is 0 Å². The first-order chi connectivity index (χ1) is 13.2. The molecule has 0 radical (unpaired) electrons. The Morgan fingerprint density at radius 3 is 3.00 bits per heavy atom. The Hall–Kier alpha value is -3.08. The first kappa shape index (κ1) is 17.3. The van der Waals surface area contributed by atoms with Gasteiger partial charge in [-0.15, -0.1) is 0 Å². The number of amides is 1. The van der Waals surface area contributed by atoms with E-state index in [0.717, 1.165) is 29.3 Å². The molecule has 2 N–H and O–H groups in total. The first-order valence-electron chi connectivity index (χ1n) is 9.25. The van der Waals surface area contributed by atoms with Crippen molar-refractivity contribution < 1.29 is 9.53 Å². The highest BCUT2D eigenvalue weighted by Gasteiger charge is 2.20. The SMILES string of the molecule is COc1ccccc1/C=N\NC(=O)c1ccc2[nH]c3c(c2c1)CC(C)CC3. The van der Waals surface area contributed by atoms with E-state index in [1.54, 1.807) is 13.3 Å². The van der Waals surface area contributed by atoms with E-state index in [-0.39, 0.29) is 5.91 Å². The Bertz CT molecular complexity index is 1020. The van der Waals surface area contributed by atoms with Crippen LogP contribution in [0, 0.1) is 5.92 Å². The Labute approximate surface area is 158 Å². The quantitative estimate of drug-likeness (QED) is 0.543. The Morgan fingerprint density at radius 1 is 1.30 bits per heavy atom. The summed E-state index contributed by atoms with van der Waals surface area (Å²) in [4.78, 5) is 16.0. The number of hydrogen-bond acceptors (Lipinski definition) is 3. The largest absolute Gasteiger partial charge is 0.496 e. The highest BCUT2D eigenvalue weighted by atomic mass is 16.5. The zero-order valence-electron chi connectivity index (χ0n) is 15.6. The number of aryl methyl sites for hydroxylation is 1. The number of aromatic amines is 1. The van der Waals surface area contributed by atoms with Gasteiger partial charge in [-0.1, -0.05) is 19.1 Å². The standard InChI is InChI=1S/C22H23N3O2/c1-14-7-9-19-17(11-14)18-12-15(8-10-20(18)24-19)22(26)25-23-13-16-5-3-4-6-21(16)27-2/h3-6,8,10,12-14,24H,7,9,11H2,1-2H3,(H,25,26)/b23-13-. The molecule has 27 heavy (non-hydrogen) atoms. The number of hydrogen-bond donors (Lipinski definition) is 2. The molecule has 1 aromatic heterocycles. The fourth-order valence-electron chi connectivity index (χ4n) is 3.73. The van der Waals surface area contributed by atoms with E-state index in [4.69, 9.17) is 4.74 Å². The molecule has 3 aromatic rings. The van der Waals surface area contributed by atoms with Crippen molar-refractivity contribution >= 4 is 23.0 Å². The van der Waals surface area contributed by atoms with Crippen LogP contribution in [-0.2, 0) is 12.8 Å². The summed E-state index contributed by atoms with van der Waals surface area (Å²) in [5.74, 6) is 1.17. The van der Waals surface area contributed by atoms with Crippen molar-refractivity contribution in [1.29, 1.82) is 0 Å². The van der Waals surface area contributed by atoms with Gasteiger partial charge >= 0.3 is 0 Å². The normalized spacial score (nSPS) is 16.4. The van der Waals surface area contributed by atoms with Gasteiger partial charge in [0, 0.05) is 27.7 Å². The number of carbonyl (C=O) groups excluding carboxylic acids is 1. The lowest BCUT2D eigenvalue weighted by molar-refractivity contribution is 0.0955. The van der Waals surface area contributed by atoms with E-state index in [1.807, 2.05) is 42.5 Å². The molecule has 2 aromatic carbocycles. The van der Waals surface area contributed by atoms with Crippen molar-refractivity contribution in [1.82, 2.24) is 10.4 Å². The van der Waals surface area contributed by atoms with Crippen LogP contribution >= 0.6 is 0 Å². The Kier molecular flexibility index (Phi) is 4.67. The van der Waals surface area contributed by atoms with Gasteiger partial charge in [-0.05, 0) is 61.1 Å². The van der Waals surface area contributed by atoms with E-state index in [1.165, 1.54) is 17.7 Å². The second-order valence-corrected chi connectivity index (χ2v) is 7.13. The predicted octanol–water partition coefficient (Wildman–Crippen LogP) is 4.07. The van der Waals surface area contributed by atoms with Gasteiger partial charge in [0.05, 0.1) is 13.3 Å². The lowest BCUT2D eigenvalue weighted by atomic mass is 9.87. The molecule has 1 unspecified atom stereocenters. The summed E-state index contributed by atoms with van der Waals surface area (Å²) in [7, 11) is 1.61. The van der Waals surface area contributed by atoms with Gasteiger partial charge < -0.3 is 9.72 Å². The molecule has 0 saturated heterocycles. The predicted molar refractivity (Wildman–Crippen MR) is 108 cm³/mol. The number of benzene rings is 2. The molecular formula is C22H23N3O2. The molecule has 1 atom stereocenters. The number of methoxy groups -OCH3 is 1. The van der Waals surface area contributed by atoms with Crippen LogP contribution in [0.3, 0.4) is 0 Å². The minimum absolute atomic E-state index is 0.221. The molecule has 0 saturated carbocycles. The average Bonchev–Trinajstić information content (AvgIpc) is 3.05. The van der Waals surface area contributed by atoms with Gasteiger partial charge in [0.15, 0.2) is 0 Å². The van der Waals surface area contributed by atoms with Gasteiger partial charge in [-0.3, -0.25) is 4.79 Å². The van der Waals surface area contributed by atoms with Crippen LogP contribution in [0.5, 0.6) is 5.75 Å². The van der Waals surface area contributed by atoms with Crippen molar-refractivity contribution in [2.75, 3.05) is 7.11 Å². The molecular weight excluding hydrogens is 338 g/mol. The number of rotatable bonds is 4. The maximum atomic E-state index is 12.5. The number of nitrogens with zero attached hydrogens (tertiary/aromatic N) is 1. The molecule has 0 aliphatic heterocycles. The lowest BCUT2D eigenvalue weighted by Gasteiger charge is -2.18. The summed E-state index contributed by atoms with van der Waals surface area (Å²) in [6, 6.07) is 13.3. The molecule has 0 fully saturated rings. The molecule has 138 valence electrons. The summed E-state index contributed by atoms with van der Waals surface area (Å²) < 4.78 is 5.28. The number of aromatic nitrogens is 1. The number of hydrazone groups is 1. The number of carbonyl (C=O) groups is 1. The maximum absolute atomic E-state index is 12.5. The van der Waals surface area contributed by atoms with Crippen LogP contribution in [0.25, 0.3) is 10.9 Å². The Balaban J connectivity index is 1.54. The monoisotopic (exact) mass is 361 g/mol. The van der Waals surface area contributed by atoms with Crippen molar-refractivity contribution in [3.8, 4) is 5.75 Å². The maximum Gasteiger partial charge on any atom is 0.271 e. The second-order valence-electron chi connectivity index (χ2n) is 7.13. The third kappa shape index (κ3) is 3.45. The van der Waals surface area contributed by atoms with E-state index >= 15 is 0 Å². The summed E-state index contributed by atoms with van der Waals surface area (Å²) in [5.41, 5.74) is 7.80. The van der Waals surface area contributed by atoms with E-state index in [0.29, 0.717) is 17.2 Å². The Morgan fingerprint density at radius 2 is 2.15 bits per heavy atom. The molecule has 5 heteroatoms. The summed E-state index contributed by atoms with van der Waals surface area (Å²) >= 11 is 0. The van der Waals surface area contributed by atoms with E-state index in [9.17, 15) is 4.79 Å². The molecule has 5 nitrogen and oxygen atoms in total. The zero-order chi connectivity index (χ0) is 18.8. The smallest absolute Gasteiger partial charge is 0.271 e. The van der Waals surface area contributed by atoms with Gasteiger partial charge in [0.2, 0.25) is 0 Å². The summed E-state index contributed by atoms with van der Waals surface area (Å²) in [5, 5.41) is 5.23. The number of H-pyrrole nitrogens is 1. The molecule has 1 heterocycles. The highest BCUT2D eigenvalue weighted by molar-refractivity contribution is 5.99. The molecule has 1 amide bonds. The third-order valence-electron chi connectivity index (χ3n) is 5.21. The first-order valence-corrected chi connectivity index (χ1v) is 9.25. The number of ether oxygens (including phenoxy) is 1. The summed E-state index contributed by atoms with van der Waals surface area (Å²) in [6.07, 6.45) is 4.95. The van der Waals surface area contributed by atoms with Gasteiger partial charge in [0.1, 0.15) is 5.75 Å². The second kappa shape index (κ2) is 7.27. The third-order valence-corrected chi connectivity index (χ3v) is 5.21. The average molecular weight is 361 g/mol. The van der Waals surface area contributed by atoms with Crippen LogP contribution in [0.15, 0.2) is 47.6 Å². The van der Waals surface area contributed by atoms with Crippen LogP contribution in [0.4, 0.5) is 0 Å². The van der Waals surface area contributed by atoms with E-state index in [2.05, 4.69) is 22.4 Å². The summed E-state index contributed by atoms with van der Waals surface area (Å²) in [6.45, 7) is 2.28. The molecule has 0 bridgehead atoms. The lowest BCUT2D eigenvalue weighted by Crippen LogP contribution is -2.17. The minimum Gasteiger partial charge on any atom is -0.496 e.